The third-order valence-electron chi connectivity index (χ3n) is 2.50. The highest BCUT2D eigenvalue weighted by molar-refractivity contribution is 7.99. The lowest BCUT2D eigenvalue weighted by molar-refractivity contribution is 0.0410. The van der Waals surface area contributed by atoms with Crippen LogP contribution in [-0.2, 0) is 4.74 Å². The molecule has 84 valence electrons. The lowest BCUT2D eigenvalue weighted by atomic mass is 10.2. The molecule has 0 bridgehead atoms. The highest BCUT2D eigenvalue weighted by atomic mass is 32.2. The second-order valence-corrected chi connectivity index (χ2v) is 5.47. The van der Waals surface area contributed by atoms with Gasteiger partial charge in [-0.15, -0.1) is 0 Å². The first-order chi connectivity index (χ1) is 6.79. The van der Waals surface area contributed by atoms with Crippen molar-refractivity contribution in [2.45, 2.75) is 20.3 Å². The predicted octanol–water partition coefficient (Wildman–Crippen LogP) is 2.10. The van der Waals surface area contributed by atoms with Crippen molar-refractivity contribution in [2.75, 3.05) is 44.4 Å². The summed E-state index contributed by atoms with van der Waals surface area (Å²) in [6, 6.07) is 0. The number of ether oxygens (including phenoxy) is 1. The van der Waals surface area contributed by atoms with Crippen molar-refractivity contribution in [3.05, 3.63) is 0 Å². The Hall–Kier alpha value is 0.270. The molecule has 1 rings (SSSR count). The Morgan fingerprint density at radius 1 is 1.21 bits per heavy atom. The van der Waals surface area contributed by atoms with Gasteiger partial charge in [-0.1, -0.05) is 13.8 Å². The third-order valence-corrected chi connectivity index (χ3v) is 3.49. The summed E-state index contributed by atoms with van der Waals surface area (Å²) in [6.07, 6.45) is 1.35. The van der Waals surface area contributed by atoms with Gasteiger partial charge >= 0.3 is 0 Å². The molecule has 1 saturated heterocycles. The van der Waals surface area contributed by atoms with E-state index in [9.17, 15) is 0 Å². The monoisotopic (exact) mass is 217 g/mol. The van der Waals surface area contributed by atoms with Crippen molar-refractivity contribution in [2.24, 2.45) is 5.92 Å². The topological polar surface area (TPSA) is 12.5 Å². The van der Waals surface area contributed by atoms with E-state index in [2.05, 4.69) is 30.5 Å². The summed E-state index contributed by atoms with van der Waals surface area (Å²) in [7, 11) is 0. The predicted molar refractivity (Wildman–Crippen MR) is 64.0 cm³/mol. The Labute approximate surface area is 92.4 Å². The Morgan fingerprint density at radius 3 is 2.57 bits per heavy atom. The summed E-state index contributed by atoms with van der Waals surface area (Å²) in [5, 5.41) is 0. The summed E-state index contributed by atoms with van der Waals surface area (Å²) in [5.41, 5.74) is 0. The highest BCUT2D eigenvalue weighted by Crippen LogP contribution is 2.09. The molecule has 0 aliphatic carbocycles. The zero-order valence-corrected chi connectivity index (χ0v) is 10.3. The van der Waals surface area contributed by atoms with Gasteiger partial charge < -0.3 is 4.74 Å². The number of hydrogen-bond donors (Lipinski definition) is 0. The molecule has 1 aliphatic rings. The first kappa shape index (κ1) is 12.3. The molecule has 1 aliphatic heterocycles. The van der Waals surface area contributed by atoms with Gasteiger partial charge in [0.1, 0.15) is 0 Å². The molecule has 0 aromatic heterocycles. The van der Waals surface area contributed by atoms with E-state index in [1.807, 2.05) is 0 Å². The first-order valence-corrected chi connectivity index (χ1v) is 6.82. The minimum atomic E-state index is 0.853. The first-order valence-electron chi connectivity index (χ1n) is 5.67. The quantitative estimate of drug-likeness (QED) is 0.632. The molecule has 0 unspecified atom stereocenters. The highest BCUT2D eigenvalue weighted by Gasteiger charge is 2.08. The standard InChI is InChI=1S/C11H23NOS/c1-11(2)3-9-14-10-6-12-4-7-13-8-5-12/h11H,3-10H2,1-2H3. The van der Waals surface area contributed by atoms with Gasteiger partial charge in [0.2, 0.25) is 0 Å². The van der Waals surface area contributed by atoms with Crippen molar-refractivity contribution in [3.63, 3.8) is 0 Å². The minimum Gasteiger partial charge on any atom is -0.379 e. The van der Waals surface area contributed by atoms with Crippen molar-refractivity contribution in [1.29, 1.82) is 0 Å². The van der Waals surface area contributed by atoms with Gasteiger partial charge in [0.25, 0.3) is 0 Å². The molecule has 0 radical (unpaired) electrons. The smallest absolute Gasteiger partial charge is 0.0594 e. The number of morpholine rings is 1. The fraction of sp³-hybridized carbons (Fsp3) is 1.00. The maximum Gasteiger partial charge on any atom is 0.0594 e. The Kier molecular flexibility index (Phi) is 6.65. The second-order valence-electron chi connectivity index (χ2n) is 4.25. The molecular weight excluding hydrogens is 194 g/mol. The Bertz CT molecular complexity index is 135. The van der Waals surface area contributed by atoms with Crippen LogP contribution in [0.2, 0.25) is 0 Å². The SMILES string of the molecule is CC(C)CCSCCN1CCOCC1. The zero-order chi connectivity index (χ0) is 10.2. The number of rotatable bonds is 6. The number of thioether (sulfide) groups is 1. The molecule has 0 amide bonds. The van der Waals surface area contributed by atoms with Gasteiger partial charge in [-0.3, -0.25) is 4.90 Å². The van der Waals surface area contributed by atoms with Crippen LogP contribution in [-0.4, -0.2) is 49.3 Å². The summed E-state index contributed by atoms with van der Waals surface area (Å²) >= 11 is 2.09. The molecule has 0 aromatic carbocycles. The summed E-state index contributed by atoms with van der Waals surface area (Å²) in [4.78, 5) is 2.51. The van der Waals surface area contributed by atoms with Crippen LogP contribution in [0.4, 0.5) is 0 Å². The van der Waals surface area contributed by atoms with Crippen LogP contribution in [0.1, 0.15) is 20.3 Å². The molecule has 0 N–H and O–H groups in total. The third kappa shape index (κ3) is 5.89. The average molecular weight is 217 g/mol. The lowest BCUT2D eigenvalue weighted by Gasteiger charge is -2.26. The van der Waals surface area contributed by atoms with E-state index in [4.69, 9.17) is 4.74 Å². The molecule has 0 aromatic rings. The van der Waals surface area contributed by atoms with Crippen molar-refractivity contribution >= 4 is 11.8 Å². The molecular formula is C11H23NOS. The van der Waals surface area contributed by atoms with Gasteiger partial charge in [0.05, 0.1) is 13.2 Å². The number of nitrogens with zero attached hydrogens (tertiary/aromatic N) is 1. The van der Waals surface area contributed by atoms with Crippen molar-refractivity contribution in [3.8, 4) is 0 Å². The summed E-state index contributed by atoms with van der Waals surface area (Å²) in [5.74, 6) is 3.46. The van der Waals surface area contributed by atoms with Crippen LogP contribution < -0.4 is 0 Å². The van der Waals surface area contributed by atoms with Gasteiger partial charge in [-0.05, 0) is 18.1 Å². The van der Waals surface area contributed by atoms with E-state index in [1.165, 1.54) is 24.5 Å². The average Bonchev–Trinajstić information content (AvgIpc) is 2.18. The van der Waals surface area contributed by atoms with Crippen LogP contribution >= 0.6 is 11.8 Å². The van der Waals surface area contributed by atoms with Crippen LogP contribution in [0.5, 0.6) is 0 Å². The molecule has 1 fully saturated rings. The maximum absolute atomic E-state index is 5.31. The van der Waals surface area contributed by atoms with E-state index in [-0.39, 0.29) is 0 Å². The van der Waals surface area contributed by atoms with E-state index >= 15 is 0 Å². The lowest BCUT2D eigenvalue weighted by Crippen LogP contribution is -2.37. The molecule has 0 spiro atoms. The van der Waals surface area contributed by atoms with Gasteiger partial charge in [0, 0.05) is 25.4 Å². The molecule has 0 atom stereocenters. The fourth-order valence-corrected chi connectivity index (χ4v) is 2.67. The fourth-order valence-electron chi connectivity index (χ4n) is 1.44. The maximum atomic E-state index is 5.31. The van der Waals surface area contributed by atoms with E-state index in [0.717, 1.165) is 32.2 Å². The second kappa shape index (κ2) is 7.55. The van der Waals surface area contributed by atoms with E-state index in [1.54, 1.807) is 0 Å². The summed E-state index contributed by atoms with van der Waals surface area (Å²) in [6.45, 7) is 9.94. The molecule has 2 nitrogen and oxygen atoms in total. The Balaban J connectivity index is 1.87. The zero-order valence-electron chi connectivity index (χ0n) is 9.50. The molecule has 0 saturated carbocycles. The molecule has 3 heteroatoms. The number of hydrogen-bond acceptors (Lipinski definition) is 3. The van der Waals surface area contributed by atoms with Gasteiger partial charge in [0.15, 0.2) is 0 Å². The normalized spacial score (nSPS) is 19.1. The van der Waals surface area contributed by atoms with E-state index < -0.39 is 0 Å². The van der Waals surface area contributed by atoms with Crippen LogP contribution in [0.3, 0.4) is 0 Å². The van der Waals surface area contributed by atoms with Crippen molar-refractivity contribution in [1.82, 2.24) is 4.90 Å². The van der Waals surface area contributed by atoms with Gasteiger partial charge in [-0.25, -0.2) is 0 Å². The van der Waals surface area contributed by atoms with Crippen LogP contribution in [0, 0.1) is 5.92 Å². The van der Waals surface area contributed by atoms with E-state index in [0.29, 0.717) is 0 Å². The van der Waals surface area contributed by atoms with Crippen LogP contribution in [0.25, 0.3) is 0 Å². The summed E-state index contributed by atoms with van der Waals surface area (Å²) < 4.78 is 5.31. The molecule has 1 heterocycles. The molecule has 14 heavy (non-hydrogen) atoms. The Morgan fingerprint density at radius 2 is 1.93 bits per heavy atom. The largest absolute Gasteiger partial charge is 0.379 e. The van der Waals surface area contributed by atoms with Crippen LogP contribution in [0.15, 0.2) is 0 Å². The van der Waals surface area contributed by atoms with Crippen molar-refractivity contribution < 1.29 is 4.74 Å². The van der Waals surface area contributed by atoms with Gasteiger partial charge in [-0.2, -0.15) is 11.8 Å². The minimum absolute atomic E-state index is 0.853.